The predicted molar refractivity (Wildman–Crippen MR) is 67.8 cm³/mol. The molecule has 5 heteroatoms. The van der Waals surface area contributed by atoms with Gasteiger partial charge in [0.1, 0.15) is 0 Å². The Bertz CT molecular complexity index is 401. The van der Waals surface area contributed by atoms with Gasteiger partial charge in [0, 0.05) is 30.7 Å². The standard InChI is InChI=1S/C12H16ClN3O/c13-9-3-1-8(2-4-9)11(12(15)17)7-16-5-10(14)6-16/h1-4,10-11H,5-7,14H2,(H2,15,17)/t11-/m0/s1. The van der Waals surface area contributed by atoms with Crippen LogP contribution in [0.3, 0.4) is 0 Å². The first-order valence-electron chi connectivity index (χ1n) is 5.59. The number of halogens is 1. The van der Waals surface area contributed by atoms with Crippen LogP contribution >= 0.6 is 11.6 Å². The van der Waals surface area contributed by atoms with Crippen LogP contribution in [-0.2, 0) is 4.79 Å². The van der Waals surface area contributed by atoms with Gasteiger partial charge >= 0.3 is 0 Å². The van der Waals surface area contributed by atoms with E-state index in [0.717, 1.165) is 18.7 Å². The van der Waals surface area contributed by atoms with Crippen LogP contribution in [0.25, 0.3) is 0 Å². The minimum absolute atomic E-state index is 0.230. The van der Waals surface area contributed by atoms with Gasteiger partial charge in [0.05, 0.1) is 5.92 Å². The van der Waals surface area contributed by atoms with E-state index in [-0.39, 0.29) is 17.9 Å². The normalized spacial score (nSPS) is 18.7. The number of nitrogens with zero attached hydrogens (tertiary/aromatic N) is 1. The Kier molecular flexibility index (Phi) is 3.66. The fraction of sp³-hybridized carbons (Fsp3) is 0.417. The lowest BCUT2D eigenvalue weighted by atomic mass is 9.96. The maximum atomic E-state index is 11.5. The van der Waals surface area contributed by atoms with Gasteiger partial charge in [-0.25, -0.2) is 0 Å². The van der Waals surface area contributed by atoms with E-state index in [9.17, 15) is 4.79 Å². The lowest BCUT2D eigenvalue weighted by Gasteiger charge is -2.38. The van der Waals surface area contributed by atoms with E-state index in [1.54, 1.807) is 12.1 Å². The summed E-state index contributed by atoms with van der Waals surface area (Å²) >= 11 is 5.82. The van der Waals surface area contributed by atoms with E-state index in [1.807, 2.05) is 12.1 Å². The Morgan fingerprint density at radius 2 is 2.00 bits per heavy atom. The molecule has 4 nitrogen and oxygen atoms in total. The molecule has 1 aromatic carbocycles. The highest BCUT2D eigenvalue weighted by Gasteiger charge is 2.28. The molecule has 1 heterocycles. The Balaban J connectivity index is 2.06. The Hall–Kier alpha value is -1.10. The second kappa shape index (κ2) is 5.04. The van der Waals surface area contributed by atoms with Crippen molar-refractivity contribution in [2.75, 3.05) is 19.6 Å². The van der Waals surface area contributed by atoms with Crippen molar-refractivity contribution < 1.29 is 4.79 Å². The van der Waals surface area contributed by atoms with Gasteiger partial charge in [-0.1, -0.05) is 23.7 Å². The summed E-state index contributed by atoms with van der Waals surface area (Å²) < 4.78 is 0. The molecule has 1 fully saturated rings. The average molecular weight is 254 g/mol. The molecule has 0 bridgehead atoms. The predicted octanol–water partition coefficient (Wildman–Crippen LogP) is 0.552. The molecule has 2 rings (SSSR count). The second-order valence-electron chi connectivity index (χ2n) is 4.49. The fourth-order valence-corrected chi connectivity index (χ4v) is 2.20. The molecule has 1 aromatic rings. The van der Waals surface area contributed by atoms with Crippen LogP contribution in [0.2, 0.25) is 5.02 Å². The van der Waals surface area contributed by atoms with E-state index in [4.69, 9.17) is 23.1 Å². The van der Waals surface area contributed by atoms with E-state index in [0.29, 0.717) is 11.6 Å². The topological polar surface area (TPSA) is 72.4 Å². The molecule has 0 unspecified atom stereocenters. The number of nitrogens with two attached hydrogens (primary N) is 2. The second-order valence-corrected chi connectivity index (χ2v) is 4.92. The number of likely N-dealkylation sites (tertiary alicyclic amines) is 1. The van der Waals surface area contributed by atoms with Crippen molar-refractivity contribution in [3.05, 3.63) is 34.9 Å². The van der Waals surface area contributed by atoms with Crippen LogP contribution in [0.5, 0.6) is 0 Å². The Morgan fingerprint density at radius 3 is 2.47 bits per heavy atom. The molecule has 0 saturated carbocycles. The molecule has 0 aliphatic carbocycles. The number of rotatable bonds is 4. The molecule has 0 radical (unpaired) electrons. The molecule has 17 heavy (non-hydrogen) atoms. The van der Waals surface area contributed by atoms with E-state index < -0.39 is 0 Å². The van der Waals surface area contributed by atoms with Crippen molar-refractivity contribution in [1.29, 1.82) is 0 Å². The maximum absolute atomic E-state index is 11.5. The maximum Gasteiger partial charge on any atom is 0.226 e. The summed E-state index contributed by atoms with van der Waals surface area (Å²) in [5.74, 6) is -0.604. The number of benzene rings is 1. The first kappa shape index (κ1) is 12.4. The lowest BCUT2D eigenvalue weighted by molar-refractivity contribution is -0.120. The number of amides is 1. The number of primary amides is 1. The number of carbonyl (C=O) groups excluding carboxylic acids is 1. The molecule has 1 amide bonds. The summed E-state index contributed by atoms with van der Waals surface area (Å²) in [4.78, 5) is 13.6. The fourth-order valence-electron chi connectivity index (χ4n) is 2.07. The highest BCUT2D eigenvalue weighted by atomic mass is 35.5. The van der Waals surface area contributed by atoms with Crippen molar-refractivity contribution >= 4 is 17.5 Å². The van der Waals surface area contributed by atoms with E-state index in [2.05, 4.69) is 4.90 Å². The van der Waals surface area contributed by atoms with E-state index >= 15 is 0 Å². The SMILES string of the molecule is NC(=O)[C@@H](CN1CC(N)C1)c1ccc(Cl)cc1. The van der Waals surface area contributed by atoms with Crippen molar-refractivity contribution in [3.63, 3.8) is 0 Å². The summed E-state index contributed by atoms with van der Waals surface area (Å²) in [6, 6.07) is 7.46. The Labute approximate surface area is 106 Å². The molecule has 92 valence electrons. The van der Waals surface area contributed by atoms with Crippen LogP contribution in [0.4, 0.5) is 0 Å². The molecule has 0 spiro atoms. The highest BCUT2D eigenvalue weighted by Crippen LogP contribution is 2.21. The average Bonchev–Trinajstić information content (AvgIpc) is 2.24. The van der Waals surface area contributed by atoms with Crippen LogP contribution in [0.15, 0.2) is 24.3 Å². The number of carbonyl (C=O) groups is 1. The van der Waals surface area contributed by atoms with Crippen molar-refractivity contribution in [3.8, 4) is 0 Å². The molecule has 1 atom stereocenters. The molecule has 1 aliphatic heterocycles. The summed E-state index contributed by atoms with van der Waals surface area (Å²) in [6.45, 7) is 2.29. The van der Waals surface area contributed by atoms with Crippen molar-refractivity contribution in [1.82, 2.24) is 4.90 Å². The van der Waals surface area contributed by atoms with Crippen LogP contribution in [0, 0.1) is 0 Å². The summed E-state index contributed by atoms with van der Waals surface area (Å²) in [6.07, 6.45) is 0. The van der Waals surface area contributed by atoms with E-state index in [1.165, 1.54) is 0 Å². The third-order valence-electron chi connectivity index (χ3n) is 3.04. The molecule has 1 saturated heterocycles. The monoisotopic (exact) mass is 253 g/mol. The summed E-state index contributed by atoms with van der Waals surface area (Å²) in [5.41, 5.74) is 12.0. The van der Waals surface area contributed by atoms with Crippen molar-refractivity contribution in [2.24, 2.45) is 11.5 Å². The molecule has 4 N–H and O–H groups in total. The van der Waals surface area contributed by atoms with Gasteiger partial charge in [-0.05, 0) is 17.7 Å². The zero-order valence-electron chi connectivity index (χ0n) is 9.47. The molecule has 0 aromatic heterocycles. The first-order valence-corrected chi connectivity index (χ1v) is 5.97. The number of hydrogen-bond donors (Lipinski definition) is 2. The van der Waals surface area contributed by atoms with Gasteiger partial charge in [-0.15, -0.1) is 0 Å². The minimum atomic E-state index is -0.312. The highest BCUT2D eigenvalue weighted by molar-refractivity contribution is 6.30. The largest absolute Gasteiger partial charge is 0.369 e. The van der Waals surface area contributed by atoms with Gasteiger partial charge in [0.15, 0.2) is 0 Å². The van der Waals surface area contributed by atoms with Crippen molar-refractivity contribution in [2.45, 2.75) is 12.0 Å². The van der Waals surface area contributed by atoms with Crippen LogP contribution in [0.1, 0.15) is 11.5 Å². The Morgan fingerprint density at radius 1 is 1.41 bits per heavy atom. The minimum Gasteiger partial charge on any atom is -0.369 e. The molecule has 1 aliphatic rings. The smallest absolute Gasteiger partial charge is 0.226 e. The van der Waals surface area contributed by atoms with Gasteiger partial charge in [0.2, 0.25) is 5.91 Å². The van der Waals surface area contributed by atoms with Crippen LogP contribution < -0.4 is 11.5 Å². The summed E-state index contributed by atoms with van der Waals surface area (Å²) in [5, 5.41) is 0.656. The van der Waals surface area contributed by atoms with Gasteiger partial charge in [-0.3, -0.25) is 9.69 Å². The van der Waals surface area contributed by atoms with Crippen LogP contribution in [-0.4, -0.2) is 36.5 Å². The zero-order valence-corrected chi connectivity index (χ0v) is 10.2. The third-order valence-corrected chi connectivity index (χ3v) is 3.29. The summed E-state index contributed by atoms with van der Waals surface area (Å²) in [7, 11) is 0. The van der Waals surface area contributed by atoms with Gasteiger partial charge in [0.25, 0.3) is 0 Å². The van der Waals surface area contributed by atoms with Gasteiger partial charge in [-0.2, -0.15) is 0 Å². The quantitative estimate of drug-likeness (QED) is 0.823. The molecular formula is C12H16ClN3O. The van der Waals surface area contributed by atoms with Gasteiger partial charge < -0.3 is 11.5 Å². The first-order chi connectivity index (χ1) is 8.06. The molecular weight excluding hydrogens is 238 g/mol. The zero-order chi connectivity index (χ0) is 12.4. The lowest BCUT2D eigenvalue weighted by Crippen LogP contribution is -2.57. The number of hydrogen-bond acceptors (Lipinski definition) is 3. The third kappa shape index (κ3) is 2.97.